The summed E-state index contributed by atoms with van der Waals surface area (Å²) in [6.45, 7) is 9.68. The topological polar surface area (TPSA) is 62.2 Å². The molecule has 2 aliphatic rings. The van der Waals surface area contributed by atoms with E-state index in [2.05, 4.69) is 27.1 Å². The van der Waals surface area contributed by atoms with Crippen molar-refractivity contribution in [1.82, 2.24) is 20.0 Å². The van der Waals surface area contributed by atoms with Gasteiger partial charge in [0, 0.05) is 58.4 Å². The minimum atomic E-state index is 0.242. The zero-order valence-corrected chi connectivity index (χ0v) is 13.4. The number of nitrogens with zero attached hydrogens (tertiary/aromatic N) is 3. The Kier molecular flexibility index (Phi) is 7.36. The number of piperazine rings is 1. The van der Waals surface area contributed by atoms with Crippen molar-refractivity contribution in [3.63, 3.8) is 0 Å². The van der Waals surface area contributed by atoms with Gasteiger partial charge in [-0.3, -0.25) is 9.80 Å². The minimum Gasteiger partial charge on any atom is -0.395 e. The first-order valence-corrected chi connectivity index (χ1v) is 8.32. The molecule has 0 saturated carbocycles. The molecule has 0 aromatic heterocycles. The van der Waals surface area contributed by atoms with Crippen LogP contribution in [0.15, 0.2) is 0 Å². The molecule has 0 aliphatic carbocycles. The van der Waals surface area contributed by atoms with Crippen LogP contribution in [0.1, 0.15) is 6.42 Å². The van der Waals surface area contributed by atoms with Gasteiger partial charge in [-0.15, -0.1) is 0 Å². The summed E-state index contributed by atoms with van der Waals surface area (Å²) in [4.78, 5) is 7.22. The van der Waals surface area contributed by atoms with Gasteiger partial charge in [-0.25, -0.2) is 0 Å². The highest BCUT2D eigenvalue weighted by molar-refractivity contribution is 4.89. The van der Waals surface area contributed by atoms with E-state index in [1.807, 2.05) is 0 Å². The maximum Gasteiger partial charge on any atom is 0.0558 e. The fraction of sp³-hybridized carbons (Fsp3) is 1.00. The Labute approximate surface area is 128 Å². The molecule has 3 N–H and O–H groups in total. The molecule has 2 saturated heterocycles. The first-order chi connectivity index (χ1) is 10.2. The Morgan fingerprint density at radius 1 is 1.14 bits per heavy atom. The predicted octanol–water partition coefficient (Wildman–Crippen LogP) is -1.50. The highest BCUT2D eigenvalue weighted by Gasteiger charge is 2.32. The molecular weight excluding hydrogens is 268 g/mol. The molecule has 0 amide bonds. The van der Waals surface area contributed by atoms with Crippen molar-refractivity contribution in [2.45, 2.75) is 12.5 Å². The first kappa shape index (κ1) is 17.1. The van der Waals surface area contributed by atoms with Crippen molar-refractivity contribution in [3.05, 3.63) is 0 Å². The summed E-state index contributed by atoms with van der Waals surface area (Å²) < 4.78 is 0. The lowest BCUT2D eigenvalue weighted by Crippen LogP contribution is -2.59. The van der Waals surface area contributed by atoms with Crippen molar-refractivity contribution in [1.29, 1.82) is 0 Å². The smallest absolute Gasteiger partial charge is 0.0558 e. The number of likely N-dealkylation sites (N-methyl/N-ethyl adjacent to an activating group) is 1. The van der Waals surface area contributed by atoms with Crippen LogP contribution in [0.3, 0.4) is 0 Å². The number of rotatable bonds is 7. The molecular formula is C15H32N4O2. The van der Waals surface area contributed by atoms with Crippen molar-refractivity contribution >= 4 is 0 Å². The van der Waals surface area contributed by atoms with E-state index in [0.717, 1.165) is 58.9 Å². The zero-order chi connectivity index (χ0) is 15.1. The number of piperidine rings is 1. The van der Waals surface area contributed by atoms with Crippen LogP contribution < -0.4 is 5.32 Å². The molecule has 0 aromatic rings. The third kappa shape index (κ3) is 5.16. The molecule has 2 rings (SSSR count). The van der Waals surface area contributed by atoms with E-state index in [4.69, 9.17) is 10.2 Å². The van der Waals surface area contributed by atoms with Gasteiger partial charge in [0.15, 0.2) is 0 Å². The second kappa shape index (κ2) is 9.02. The van der Waals surface area contributed by atoms with Crippen LogP contribution in [0.2, 0.25) is 0 Å². The molecule has 0 radical (unpaired) electrons. The normalized spacial score (nSPS) is 29.1. The summed E-state index contributed by atoms with van der Waals surface area (Å²) >= 11 is 0. The number of β-amino-alcohol motifs (C(OH)–C–C–N with tert-alkyl or cyclic N) is 1. The fourth-order valence-electron chi connectivity index (χ4n) is 3.66. The summed E-state index contributed by atoms with van der Waals surface area (Å²) in [6.07, 6.45) is 1.22. The molecule has 0 aromatic carbocycles. The van der Waals surface area contributed by atoms with Gasteiger partial charge in [0.2, 0.25) is 0 Å². The lowest BCUT2D eigenvalue weighted by atomic mass is 9.90. The molecule has 21 heavy (non-hydrogen) atoms. The van der Waals surface area contributed by atoms with Gasteiger partial charge in [-0.1, -0.05) is 0 Å². The molecule has 6 nitrogen and oxygen atoms in total. The van der Waals surface area contributed by atoms with Crippen LogP contribution in [0.4, 0.5) is 0 Å². The molecule has 2 aliphatic heterocycles. The number of aliphatic hydroxyl groups is 2. The molecule has 2 unspecified atom stereocenters. The quantitative estimate of drug-likeness (QED) is 0.532. The standard InChI is InChI=1S/C15H32N4O2/c1-17(8-10-20)13-14-2-3-16-12-15(14)19-6-4-18(5-7-19)9-11-21/h14-16,20-21H,2-13H2,1H3. The summed E-state index contributed by atoms with van der Waals surface area (Å²) in [5.74, 6) is 0.687. The second-order valence-corrected chi connectivity index (χ2v) is 6.41. The average molecular weight is 300 g/mol. The molecule has 2 atom stereocenters. The second-order valence-electron chi connectivity index (χ2n) is 6.41. The van der Waals surface area contributed by atoms with Crippen LogP contribution >= 0.6 is 0 Å². The Balaban J connectivity index is 1.84. The summed E-state index contributed by atoms with van der Waals surface area (Å²) in [5.41, 5.74) is 0. The van der Waals surface area contributed by atoms with Gasteiger partial charge in [0.05, 0.1) is 13.2 Å². The maximum atomic E-state index is 9.07. The van der Waals surface area contributed by atoms with Crippen molar-refractivity contribution in [2.75, 3.05) is 79.2 Å². The van der Waals surface area contributed by atoms with E-state index in [0.29, 0.717) is 12.0 Å². The van der Waals surface area contributed by atoms with Gasteiger partial charge >= 0.3 is 0 Å². The van der Waals surface area contributed by atoms with Crippen molar-refractivity contribution in [3.8, 4) is 0 Å². The lowest BCUT2D eigenvalue weighted by molar-refractivity contribution is 0.0397. The fourth-order valence-corrected chi connectivity index (χ4v) is 3.66. The third-order valence-electron chi connectivity index (χ3n) is 4.91. The van der Waals surface area contributed by atoms with Gasteiger partial charge in [0.1, 0.15) is 0 Å². The number of aliphatic hydroxyl groups excluding tert-OH is 2. The van der Waals surface area contributed by atoms with E-state index < -0.39 is 0 Å². The van der Waals surface area contributed by atoms with Crippen molar-refractivity contribution < 1.29 is 10.2 Å². The van der Waals surface area contributed by atoms with Gasteiger partial charge in [0.25, 0.3) is 0 Å². The number of nitrogens with one attached hydrogen (secondary N) is 1. The van der Waals surface area contributed by atoms with E-state index in [-0.39, 0.29) is 13.2 Å². The maximum absolute atomic E-state index is 9.07. The molecule has 2 fully saturated rings. The van der Waals surface area contributed by atoms with E-state index in [1.54, 1.807) is 0 Å². The number of hydrogen-bond donors (Lipinski definition) is 3. The Morgan fingerprint density at radius 2 is 1.90 bits per heavy atom. The van der Waals surface area contributed by atoms with E-state index >= 15 is 0 Å². The summed E-state index contributed by atoms with van der Waals surface area (Å²) in [6, 6.07) is 0.608. The van der Waals surface area contributed by atoms with E-state index in [1.165, 1.54) is 6.42 Å². The van der Waals surface area contributed by atoms with Gasteiger partial charge < -0.3 is 20.4 Å². The Bertz CT molecular complexity index is 285. The Hall–Kier alpha value is -0.240. The van der Waals surface area contributed by atoms with Crippen LogP contribution in [0.25, 0.3) is 0 Å². The highest BCUT2D eigenvalue weighted by atomic mass is 16.3. The van der Waals surface area contributed by atoms with Crippen LogP contribution in [-0.2, 0) is 0 Å². The molecule has 0 bridgehead atoms. The molecule has 124 valence electrons. The van der Waals surface area contributed by atoms with Crippen LogP contribution in [0.5, 0.6) is 0 Å². The molecule has 2 heterocycles. The lowest BCUT2D eigenvalue weighted by Gasteiger charge is -2.45. The highest BCUT2D eigenvalue weighted by Crippen LogP contribution is 2.20. The predicted molar refractivity (Wildman–Crippen MR) is 84.4 cm³/mol. The van der Waals surface area contributed by atoms with Crippen molar-refractivity contribution in [2.24, 2.45) is 5.92 Å². The monoisotopic (exact) mass is 300 g/mol. The molecule has 0 spiro atoms. The minimum absolute atomic E-state index is 0.242. The summed E-state index contributed by atoms with van der Waals surface area (Å²) in [5, 5.41) is 21.6. The zero-order valence-electron chi connectivity index (χ0n) is 13.4. The molecule has 6 heteroatoms. The average Bonchev–Trinajstić information content (AvgIpc) is 2.49. The SMILES string of the molecule is CN(CCO)CC1CCNCC1N1CCN(CCO)CC1. The number of hydrogen-bond acceptors (Lipinski definition) is 6. The third-order valence-corrected chi connectivity index (χ3v) is 4.91. The van der Waals surface area contributed by atoms with Crippen LogP contribution in [0, 0.1) is 5.92 Å². The van der Waals surface area contributed by atoms with Gasteiger partial charge in [-0.2, -0.15) is 0 Å². The first-order valence-electron chi connectivity index (χ1n) is 8.32. The largest absolute Gasteiger partial charge is 0.395 e. The summed E-state index contributed by atoms with van der Waals surface area (Å²) in [7, 11) is 2.11. The van der Waals surface area contributed by atoms with Gasteiger partial charge in [-0.05, 0) is 25.9 Å². The van der Waals surface area contributed by atoms with E-state index in [9.17, 15) is 0 Å². The van der Waals surface area contributed by atoms with Crippen LogP contribution in [-0.4, -0.2) is 110 Å². The Morgan fingerprint density at radius 3 is 2.57 bits per heavy atom.